The smallest absolute Gasteiger partial charge is 0.409 e. The molecule has 0 atom stereocenters. The Bertz CT molecular complexity index is 1220. The maximum Gasteiger partial charge on any atom is 0.409 e. The van der Waals surface area contributed by atoms with Crippen LogP contribution in [0.4, 0.5) is 10.5 Å². The Morgan fingerprint density at radius 2 is 1.84 bits per heavy atom. The molecule has 0 saturated carbocycles. The fraction of sp³-hybridized carbons (Fsp3) is 0.167. The minimum Gasteiger partial charge on any atom is -0.487 e. The molecular formula is C24H20N4O3. The summed E-state index contributed by atoms with van der Waals surface area (Å²) < 4.78 is 6.04. The van der Waals surface area contributed by atoms with Crippen LogP contribution in [-0.2, 0) is 13.0 Å². The van der Waals surface area contributed by atoms with Gasteiger partial charge in [0.2, 0.25) is 0 Å². The van der Waals surface area contributed by atoms with Gasteiger partial charge in [-0.15, -0.1) is 0 Å². The highest BCUT2D eigenvalue weighted by atomic mass is 16.5. The lowest BCUT2D eigenvalue weighted by Crippen LogP contribution is -2.10. The van der Waals surface area contributed by atoms with Crippen LogP contribution in [-0.4, -0.2) is 16.2 Å². The minimum absolute atomic E-state index is 0.290. The quantitative estimate of drug-likeness (QED) is 0.605. The van der Waals surface area contributed by atoms with Crippen LogP contribution in [0.25, 0.3) is 0 Å². The third-order valence-electron chi connectivity index (χ3n) is 4.86. The molecule has 0 aliphatic carbocycles. The van der Waals surface area contributed by atoms with E-state index in [0.29, 0.717) is 34.5 Å². The van der Waals surface area contributed by atoms with Crippen molar-refractivity contribution in [2.45, 2.75) is 26.9 Å². The Hall–Kier alpha value is -4.36. The zero-order chi connectivity index (χ0) is 22.4. The number of nitrogens with one attached hydrogen (secondary N) is 1. The van der Waals surface area contributed by atoms with Gasteiger partial charge in [-0.05, 0) is 66.4 Å². The van der Waals surface area contributed by atoms with E-state index in [4.69, 9.17) is 15.1 Å². The van der Waals surface area contributed by atoms with Gasteiger partial charge in [-0.2, -0.15) is 10.5 Å². The highest BCUT2D eigenvalue weighted by Gasteiger charge is 2.14. The van der Waals surface area contributed by atoms with Gasteiger partial charge in [0.25, 0.3) is 0 Å². The Labute approximate surface area is 180 Å². The van der Waals surface area contributed by atoms with E-state index in [0.717, 1.165) is 22.4 Å². The van der Waals surface area contributed by atoms with Crippen LogP contribution in [0.1, 0.15) is 39.1 Å². The number of carboxylic acid groups (broad SMARTS) is 1. The topological polar surface area (TPSA) is 119 Å². The number of hydrogen-bond donors (Lipinski definition) is 2. The molecule has 7 nitrogen and oxygen atoms in total. The molecule has 3 rings (SSSR count). The van der Waals surface area contributed by atoms with Crippen LogP contribution in [0.3, 0.4) is 0 Å². The van der Waals surface area contributed by atoms with Crippen molar-refractivity contribution >= 4 is 11.8 Å². The van der Waals surface area contributed by atoms with E-state index in [2.05, 4.69) is 22.4 Å². The molecule has 7 heteroatoms. The molecule has 1 heterocycles. The molecule has 0 aliphatic rings. The number of ether oxygens (including phenoxy) is 1. The normalized spacial score (nSPS) is 10.1. The average Bonchev–Trinajstić information content (AvgIpc) is 2.76. The molecule has 0 unspecified atom stereocenters. The summed E-state index contributed by atoms with van der Waals surface area (Å²) in [6, 6.07) is 16.2. The van der Waals surface area contributed by atoms with Crippen LogP contribution in [0.15, 0.2) is 48.7 Å². The van der Waals surface area contributed by atoms with Gasteiger partial charge in [-0.3, -0.25) is 10.3 Å². The maximum absolute atomic E-state index is 11.1. The van der Waals surface area contributed by atoms with E-state index in [1.807, 2.05) is 26.0 Å². The van der Waals surface area contributed by atoms with Crippen molar-refractivity contribution in [3.8, 4) is 17.9 Å². The van der Waals surface area contributed by atoms with Crippen LogP contribution in [0.5, 0.6) is 5.75 Å². The van der Waals surface area contributed by atoms with Crippen LogP contribution < -0.4 is 10.1 Å². The molecule has 1 amide bonds. The summed E-state index contributed by atoms with van der Waals surface area (Å²) in [7, 11) is 0. The summed E-state index contributed by atoms with van der Waals surface area (Å²) in [6.45, 7) is 4.06. The SMILES string of the molecule is Cc1ncc(Cc2cc(C#N)ccc2NC(=O)O)c(C)c1OCc1cccc(C#N)c1. The van der Waals surface area contributed by atoms with E-state index in [1.165, 1.54) is 0 Å². The van der Waals surface area contributed by atoms with E-state index in [9.17, 15) is 10.1 Å². The number of aryl methyl sites for hydroxylation is 1. The van der Waals surface area contributed by atoms with E-state index in [1.54, 1.807) is 36.5 Å². The summed E-state index contributed by atoms with van der Waals surface area (Å²) in [4.78, 5) is 15.6. The predicted molar refractivity (Wildman–Crippen MR) is 115 cm³/mol. The zero-order valence-corrected chi connectivity index (χ0v) is 17.1. The fourth-order valence-corrected chi connectivity index (χ4v) is 3.28. The van der Waals surface area contributed by atoms with E-state index in [-0.39, 0.29) is 6.61 Å². The number of nitriles is 2. The lowest BCUT2D eigenvalue weighted by Gasteiger charge is -2.16. The third kappa shape index (κ3) is 5.17. The highest BCUT2D eigenvalue weighted by molar-refractivity contribution is 5.84. The number of pyridine rings is 1. The number of nitrogens with zero attached hydrogens (tertiary/aromatic N) is 3. The Morgan fingerprint density at radius 1 is 1.10 bits per heavy atom. The summed E-state index contributed by atoms with van der Waals surface area (Å²) in [5.74, 6) is 0.643. The number of rotatable bonds is 6. The average molecular weight is 412 g/mol. The first-order valence-corrected chi connectivity index (χ1v) is 9.51. The van der Waals surface area contributed by atoms with Crippen molar-refractivity contribution in [1.82, 2.24) is 4.98 Å². The van der Waals surface area contributed by atoms with Gasteiger partial charge >= 0.3 is 6.09 Å². The van der Waals surface area contributed by atoms with Crippen LogP contribution >= 0.6 is 0 Å². The number of aromatic nitrogens is 1. The number of anilines is 1. The van der Waals surface area contributed by atoms with Gasteiger partial charge in [-0.1, -0.05) is 12.1 Å². The first kappa shape index (κ1) is 21.4. The second-order valence-corrected chi connectivity index (χ2v) is 7.01. The van der Waals surface area contributed by atoms with Crippen molar-refractivity contribution < 1.29 is 14.6 Å². The molecule has 2 N–H and O–H groups in total. The second kappa shape index (κ2) is 9.43. The van der Waals surface area contributed by atoms with Crippen molar-refractivity contribution in [3.63, 3.8) is 0 Å². The lowest BCUT2D eigenvalue weighted by atomic mass is 9.98. The standard InChI is InChI=1S/C24H20N4O3/c1-15-21(10-20-9-18(12-26)6-7-22(20)28-24(29)30)13-27-16(2)23(15)31-14-19-5-3-4-17(8-19)11-25/h3-9,13,28H,10,14H2,1-2H3,(H,29,30). The summed E-state index contributed by atoms with van der Waals surface area (Å²) in [5.41, 5.74) is 5.44. The lowest BCUT2D eigenvalue weighted by molar-refractivity contribution is 0.209. The highest BCUT2D eigenvalue weighted by Crippen LogP contribution is 2.29. The van der Waals surface area contributed by atoms with Crippen molar-refractivity contribution in [2.24, 2.45) is 0 Å². The van der Waals surface area contributed by atoms with E-state index >= 15 is 0 Å². The maximum atomic E-state index is 11.1. The summed E-state index contributed by atoms with van der Waals surface area (Å²) >= 11 is 0. The van der Waals surface area contributed by atoms with Gasteiger partial charge in [0, 0.05) is 18.3 Å². The first-order chi connectivity index (χ1) is 14.9. The monoisotopic (exact) mass is 412 g/mol. The number of amides is 1. The largest absolute Gasteiger partial charge is 0.487 e. The molecule has 2 aromatic carbocycles. The van der Waals surface area contributed by atoms with E-state index < -0.39 is 6.09 Å². The first-order valence-electron chi connectivity index (χ1n) is 9.51. The van der Waals surface area contributed by atoms with Crippen LogP contribution in [0, 0.1) is 36.5 Å². The molecule has 0 spiro atoms. The summed E-state index contributed by atoms with van der Waals surface area (Å²) in [5, 5.41) is 29.8. The number of carbonyl (C=O) groups is 1. The Kier molecular flexibility index (Phi) is 6.49. The molecule has 154 valence electrons. The fourth-order valence-electron chi connectivity index (χ4n) is 3.28. The van der Waals surface area contributed by atoms with Gasteiger partial charge < -0.3 is 9.84 Å². The molecule has 0 saturated heterocycles. The number of hydrogen-bond acceptors (Lipinski definition) is 5. The van der Waals surface area contributed by atoms with Crippen molar-refractivity contribution in [2.75, 3.05) is 5.32 Å². The molecule has 31 heavy (non-hydrogen) atoms. The number of benzene rings is 2. The predicted octanol–water partition coefficient (Wildman–Crippen LogP) is 4.70. The molecule has 0 radical (unpaired) electrons. The second-order valence-electron chi connectivity index (χ2n) is 7.01. The molecule has 3 aromatic rings. The van der Waals surface area contributed by atoms with Crippen molar-refractivity contribution in [1.29, 1.82) is 10.5 Å². The van der Waals surface area contributed by atoms with Gasteiger partial charge in [0.15, 0.2) is 0 Å². The Balaban J connectivity index is 1.90. The van der Waals surface area contributed by atoms with Gasteiger partial charge in [0.05, 0.1) is 29.0 Å². The van der Waals surface area contributed by atoms with Gasteiger partial charge in [-0.25, -0.2) is 4.79 Å². The zero-order valence-electron chi connectivity index (χ0n) is 17.1. The molecule has 0 bridgehead atoms. The Morgan fingerprint density at radius 3 is 2.55 bits per heavy atom. The van der Waals surface area contributed by atoms with Gasteiger partial charge in [0.1, 0.15) is 12.4 Å². The molecule has 1 aromatic heterocycles. The molecule has 0 fully saturated rings. The van der Waals surface area contributed by atoms with Crippen molar-refractivity contribution in [3.05, 3.63) is 87.7 Å². The van der Waals surface area contributed by atoms with Crippen LogP contribution in [0.2, 0.25) is 0 Å². The minimum atomic E-state index is -1.17. The summed E-state index contributed by atoms with van der Waals surface area (Å²) in [6.07, 6.45) is 0.940. The third-order valence-corrected chi connectivity index (χ3v) is 4.86. The molecule has 0 aliphatic heterocycles. The molecular weight excluding hydrogens is 392 g/mol.